The number of hydrogen-bond acceptors (Lipinski definition) is 7. The maximum absolute atomic E-state index is 13.6. The van der Waals surface area contributed by atoms with Crippen LogP contribution < -0.4 is 10.1 Å². The number of carbonyl (C=O) groups excluding carboxylic acids is 2. The summed E-state index contributed by atoms with van der Waals surface area (Å²) < 4.78 is 15.4. The Morgan fingerprint density at radius 1 is 0.919 bits per heavy atom. The largest absolute Gasteiger partial charge is 0.495 e. The van der Waals surface area contributed by atoms with Crippen LogP contribution in [0.25, 0.3) is 33.5 Å². The smallest absolute Gasteiger partial charge is 0.360 e. The maximum atomic E-state index is 13.6. The average molecular weight is 514 g/mol. The van der Waals surface area contributed by atoms with Crippen molar-refractivity contribution in [2.75, 3.05) is 19.5 Å². The van der Waals surface area contributed by atoms with Crippen LogP contribution in [0.15, 0.2) is 83.4 Å². The third kappa shape index (κ3) is 4.87. The van der Waals surface area contributed by atoms with Crippen molar-refractivity contribution in [1.29, 1.82) is 0 Å². The highest BCUT2D eigenvalue weighted by molar-refractivity contribution is 6.30. The fraction of sp³-hybridized carbons (Fsp3) is 0.0714. The van der Waals surface area contributed by atoms with Crippen molar-refractivity contribution >= 4 is 40.1 Å². The molecule has 184 valence electrons. The molecule has 0 atom stereocenters. The topological polar surface area (TPSA) is 104 Å². The van der Waals surface area contributed by atoms with Gasteiger partial charge in [-0.3, -0.25) is 4.79 Å². The lowest BCUT2D eigenvalue weighted by Gasteiger charge is -2.14. The van der Waals surface area contributed by atoms with Crippen LogP contribution in [0, 0.1) is 0 Å². The zero-order valence-corrected chi connectivity index (χ0v) is 20.6. The number of halogens is 1. The van der Waals surface area contributed by atoms with E-state index in [0.717, 1.165) is 5.56 Å². The van der Waals surface area contributed by atoms with Gasteiger partial charge in [-0.25, -0.2) is 9.78 Å². The highest BCUT2D eigenvalue weighted by Gasteiger charge is 2.19. The van der Waals surface area contributed by atoms with Crippen molar-refractivity contribution in [3.63, 3.8) is 0 Å². The van der Waals surface area contributed by atoms with Gasteiger partial charge < -0.3 is 19.3 Å². The quantitative estimate of drug-likeness (QED) is 0.267. The summed E-state index contributed by atoms with van der Waals surface area (Å²) in [6.45, 7) is 0. The van der Waals surface area contributed by atoms with Gasteiger partial charge in [0.25, 0.3) is 5.91 Å². The Bertz CT molecular complexity index is 1650. The maximum Gasteiger partial charge on any atom is 0.360 e. The number of fused-ring (bicyclic) bond motifs is 1. The number of rotatable bonds is 6. The molecule has 1 N–H and O–H groups in total. The van der Waals surface area contributed by atoms with Crippen molar-refractivity contribution in [2.45, 2.75) is 0 Å². The molecule has 0 aliphatic rings. The van der Waals surface area contributed by atoms with Crippen molar-refractivity contribution in [3.05, 3.63) is 95.1 Å². The number of ether oxygens (including phenoxy) is 2. The Morgan fingerprint density at radius 2 is 1.76 bits per heavy atom. The molecule has 5 rings (SSSR count). The van der Waals surface area contributed by atoms with Crippen LogP contribution in [0.1, 0.15) is 20.8 Å². The number of para-hydroxylation sites is 1. The molecule has 0 saturated carbocycles. The molecule has 0 aliphatic heterocycles. The Hall–Kier alpha value is -4.69. The molecule has 8 nitrogen and oxygen atoms in total. The first kappa shape index (κ1) is 24.0. The van der Waals surface area contributed by atoms with Crippen LogP contribution in [0.4, 0.5) is 5.69 Å². The minimum absolute atomic E-state index is 0.0377. The number of aromatic nitrogens is 2. The molecule has 0 saturated heterocycles. The van der Waals surface area contributed by atoms with Gasteiger partial charge in [-0.2, -0.15) is 0 Å². The molecule has 3 aromatic carbocycles. The van der Waals surface area contributed by atoms with Crippen molar-refractivity contribution in [3.8, 4) is 28.3 Å². The van der Waals surface area contributed by atoms with E-state index < -0.39 is 5.97 Å². The van der Waals surface area contributed by atoms with E-state index >= 15 is 0 Å². The zero-order valence-electron chi connectivity index (χ0n) is 19.8. The minimum Gasteiger partial charge on any atom is -0.495 e. The molecular weight excluding hydrogens is 494 g/mol. The summed E-state index contributed by atoms with van der Waals surface area (Å²) in [6.07, 6.45) is 0. The minimum atomic E-state index is -0.614. The van der Waals surface area contributed by atoms with E-state index in [1.807, 2.05) is 36.4 Å². The third-order valence-electron chi connectivity index (χ3n) is 5.72. The lowest BCUT2D eigenvalue weighted by atomic mass is 10.0. The lowest BCUT2D eigenvalue weighted by molar-refractivity contribution is 0.0589. The Kier molecular flexibility index (Phi) is 6.57. The lowest BCUT2D eigenvalue weighted by Crippen LogP contribution is -2.14. The number of pyridine rings is 1. The number of carbonyl (C=O) groups is 2. The van der Waals surface area contributed by atoms with Crippen LogP contribution in [0.2, 0.25) is 5.02 Å². The molecule has 37 heavy (non-hydrogen) atoms. The molecule has 0 spiro atoms. The molecule has 1 amide bonds. The van der Waals surface area contributed by atoms with E-state index in [1.165, 1.54) is 20.3 Å². The second-order valence-electron chi connectivity index (χ2n) is 8.02. The first-order valence-electron chi connectivity index (χ1n) is 11.2. The number of nitrogens with one attached hydrogen (secondary N) is 1. The molecule has 5 aromatic rings. The van der Waals surface area contributed by atoms with Crippen LogP contribution in [0.3, 0.4) is 0 Å². The van der Waals surface area contributed by atoms with Gasteiger partial charge in [-0.15, -0.1) is 0 Å². The normalized spacial score (nSPS) is 10.8. The van der Waals surface area contributed by atoms with Gasteiger partial charge >= 0.3 is 5.97 Å². The van der Waals surface area contributed by atoms with Crippen LogP contribution in [-0.4, -0.2) is 36.2 Å². The summed E-state index contributed by atoms with van der Waals surface area (Å²) in [6, 6.07) is 23.0. The van der Waals surface area contributed by atoms with E-state index in [1.54, 1.807) is 36.4 Å². The fourth-order valence-corrected chi connectivity index (χ4v) is 4.11. The summed E-state index contributed by atoms with van der Waals surface area (Å²) in [5.41, 5.74) is 3.53. The molecule has 0 fully saturated rings. The third-order valence-corrected chi connectivity index (χ3v) is 5.95. The number of nitrogens with zero attached hydrogens (tertiary/aromatic N) is 2. The first-order valence-corrected chi connectivity index (χ1v) is 11.5. The van der Waals surface area contributed by atoms with Crippen molar-refractivity contribution < 1.29 is 23.6 Å². The van der Waals surface area contributed by atoms with Crippen LogP contribution in [0.5, 0.6) is 5.75 Å². The van der Waals surface area contributed by atoms with Gasteiger partial charge in [-0.05, 0) is 42.5 Å². The van der Waals surface area contributed by atoms with Crippen molar-refractivity contribution in [2.24, 2.45) is 0 Å². The number of methoxy groups -OCH3 is 2. The fourth-order valence-electron chi connectivity index (χ4n) is 3.92. The van der Waals surface area contributed by atoms with Crippen LogP contribution in [-0.2, 0) is 4.74 Å². The van der Waals surface area contributed by atoms with Gasteiger partial charge in [0.2, 0.25) is 0 Å². The van der Waals surface area contributed by atoms with Gasteiger partial charge in [-0.1, -0.05) is 47.1 Å². The molecule has 9 heteroatoms. The number of esters is 1. The molecular formula is C28H20ClN3O5. The Morgan fingerprint density at radius 3 is 2.54 bits per heavy atom. The second kappa shape index (κ2) is 10.1. The SMILES string of the molecule is COC(=O)c1cc(-c2ccc(OC)c(NC(=O)c3cc(-c4cccc(Cl)c4)nc4ccccc34)c2)on1. The number of amides is 1. The monoisotopic (exact) mass is 513 g/mol. The van der Waals surface area contributed by atoms with E-state index in [0.29, 0.717) is 49.9 Å². The summed E-state index contributed by atoms with van der Waals surface area (Å²) in [7, 11) is 2.77. The Labute approximate surface area is 216 Å². The molecule has 2 aromatic heterocycles. The van der Waals surface area contributed by atoms with E-state index in [9.17, 15) is 9.59 Å². The zero-order chi connectivity index (χ0) is 25.9. The van der Waals surface area contributed by atoms with Crippen molar-refractivity contribution in [1.82, 2.24) is 10.1 Å². The highest BCUT2D eigenvalue weighted by atomic mass is 35.5. The van der Waals surface area contributed by atoms with Gasteiger partial charge in [0, 0.05) is 27.6 Å². The standard InChI is InChI=1S/C28H20ClN3O5/c1-35-25-11-10-17(26-15-24(32-37-26)28(34)36-2)13-23(25)31-27(33)20-14-22(16-6-5-7-18(29)12-16)30-21-9-4-3-8-19(20)21/h3-15H,1-2H3,(H,31,33). The van der Waals surface area contributed by atoms with E-state index in [2.05, 4.69) is 15.2 Å². The van der Waals surface area contributed by atoms with E-state index in [4.69, 9.17) is 25.8 Å². The van der Waals surface area contributed by atoms with Gasteiger partial charge in [0.05, 0.1) is 36.7 Å². The first-order chi connectivity index (χ1) is 18.0. The molecule has 0 radical (unpaired) electrons. The second-order valence-corrected chi connectivity index (χ2v) is 8.46. The predicted octanol–water partition coefficient (Wildman–Crippen LogP) is 6.26. The molecule has 2 heterocycles. The number of benzene rings is 3. The van der Waals surface area contributed by atoms with Gasteiger partial charge in [0.15, 0.2) is 11.5 Å². The highest BCUT2D eigenvalue weighted by Crippen LogP contribution is 2.33. The average Bonchev–Trinajstić information content (AvgIpc) is 3.42. The van der Waals surface area contributed by atoms with Gasteiger partial charge in [0.1, 0.15) is 5.75 Å². The summed E-state index contributed by atoms with van der Waals surface area (Å²) >= 11 is 6.19. The summed E-state index contributed by atoms with van der Waals surface area (Å²) in [5, 5.41) is 7.94. The molecule has 0 unspecified atom stereocenters. The number of hydrogen-bond donors (Lipinski definition) is 1. The number of anilines is 1. The van der Waals surface area contributed by atoms with Crippen LogP contribution >= 0.6 is 11.6 Å². The summed E-state index contributed by atoms with van der Waals surface area (Å²) in [4.78, 5) is 30.1. The molecule has 0 aliphatic carbocycles. The van der Waals surface area contributed by atoms with E-state index in [-0.39, 0.29) is 11.6 Å². The summed E-state index contributed by atoms with van der Waals surface area (Å²) in [5.74, 6) is -0.198. The predicted molar refractivity (Wildman–Crippen MR) is 140 cm³/mol. The molecule has 0 bridgehead atoms. The Balaban J connectivity index is 1.54.